The van der Waals surface area contributed by atoms with Crippen molar-refractivity contribution >= 4 is 17.3 Å². The van der Waals surface area contributed by atoms with Gasteiger partial charge in [0.25, 0.3) is 0 Å². The van der Waals surface area contributed by atoms with Crippen LogP contribution in [0.2, 0.25) is 0 Å². The van der Waals surface area contributed by atoms with Crippen molar-refractivity contribution in [2.75, 3.05) is 6.54 Å². The topological polar surface area (TPSA) is 15.3 Å². The molecule has 0 aromatic carbocycles. The molecule has 3 heteroatoms. The first-order chi connectivity index (χ1) is 7.81. The fraction of sp³-hybridized carbons (Fsp3) is 0.923. The van der Waals surface area contributed by atoms with E-state index >= 15 is 0 Å². The zero-order chi connectivity index (χ0) is 11.4. The first kappa shape index (κ1) is 12.2. The van der Waals surface area contributed by atoms with Crippen molar-refractivity contribution in [3.63, 3.8) is 0 Å². The van der Waals surface area contributed by atoms with Gasteiger partial charge in [-0.25, -0.2) is 0 Å². The fourth-order valence-corrected chi connectivity index (χ4v) is 2.90. The van der Waals surface area contributed by atoms with Crippen LogP contribution in [-0.2, 0) is 0 Å². The first-order valence-corrected chi connectivity index (χ1v) is 7.29. The van der Waals surface area contributed by atoms with Crippen molar-refractivity contribution in [3.05, 3.63) is 0 Å². The van der Waals surface area contributed by atoms with Crippen LogP contribution in [0.1, 0.15) is 58.3 Å². The highest BCUT2D eigenvalue weighted by atomic mass is 32.1. The summed E-state index contributed by atoms with van der Waals surface area (Å²) in [5.74, 6) is 0. The first-order valence-electron chi connectivity index (χ1n) is 6.88. The highest BCUT2D eigenvalue weighted by molar-refractivity contribution is 7.80. The third kappa shape index (κ3) is 3.34. The van der Waals surface area contributed by atoms with E-state index in [4.69, 9.17) is 12.2 Å². The number of nitrogens with zero attached hydrogens (tertiary/aromatic N) is 1. The Hall–Kier alpha value is -0.310. The molecule has 2 rings (SSSR count). The second-order valence-electron chi connectivity index (χ2n) is 5.21. The maximum absolute atomic E-state index is 5.56. The van der Waals surface area contributed by atoms with Gasteiger partial charge in [-0.3, -0.25) is 0 Å². The Labute approximate surface area is 105 Å². The summed E-state index contributed by atoms with van der Waals surface area (Å²) in [6.07, 6.45) is 10.6. The second-order valence-corrected chi connectivity index (χ2v) is 5.60. The maximum atomic E-state index is 5.56. The molecule has 0 aromatic heterocycles. The summed E-state index contributed by atoms with van der Waals surface area (Å²) >= 11 is 5.56. The molecule has 0 heterocycles. The summed E-state index contributed by atoms with van der Waals surface area (Å²) in [7, 11) is 0. The highest BCUT2D eigenvalue weighted by Gasteiger charge is 2.31. The molecule has 0 aliphatic heterocycles. The lowest BCUT2D eigenvalue weighted by Crippen LogP contribution is -2.45. The normalized spacial score (nSPS) is 21.1. The van der Waals surface area contributed by atoms with Crippen LogP contribution in [0.25, 0.3) is 0 Å². The molecular formula is C13H24N2S. The number of thiocarbonyl (C=S) groups is 1. The van der Waals surface area contributed by atoms with Gasteiger partial charge in [-0.05, 0) is 44.3 Å². The van der Waals surface area contributed by atoms with Crippen LogP contribution in [0, 0.1) is 0 Å². The third-order valence-electron chi connectivity index (χ3n) is 3.68. The van der Waals surface area contributed by atoms with Crippen LogP contribution in [0.5, 0.6) is 0 Å². The van der Waals surface area contributed by atoms with Crippen LogP contribution >= 0.6 is 12.2 Å². The van der Waals surface area contributed by atoms with E-state index in [0.29, 0.717) is 6.04 Å². The van der Waals surface area contributed by atoms with Crippen LogP contribution in [-0.4, -0.2) is 28.6 Å². The van der Waals surface area contributed by atoms with Gasteiger partial charge in [0.1, 0.15) is 0 Å². The molecule has 2 aliphatic carbocycles. The molecule has 0 amide bonds. The van der Waals surface area contributed by atoms with E-state index in [1.165, 1.54) is 51.4 Å². The number of hydrogen-bond donors (Lipinski definition) is 1. The van der Waals surface area contributed by atoms with Gasteiger partial charge >= 0.3 is 0 Å². The monoisotopic (exact) mass is 240 g/mol. The minimum atomic E-state index is 0.662. The van der Waals surface area contributed by atoms with Gasteiger partial charge in [-0.1, -0.05) is 26.2 Å². The number of hydrogen-bond acceptors (Lipinski definition) is 1. The molecular weight excluding hydrogens is 216 g/mol. The van der Waals surface area contributed by atoms with Crippen molar-refractivity contribution in [2.45, 2.75) is 70.4 Å². The molecule has 0 radical (unpaired) electrons. The Morgan fingerprint density at radius 1 is 1.25 bits per heavy atom. The molecule has 92 valence electrons. The Morgan fingerprint density at radius 2 is 1.94 bits per heavy atom. The number of rotatable bonds is 5. The molecule has 0 bridgehead atoms. The van der Waals surface area contributed by atoms with Gasteiger partial charge in [0, 0.05) is 18.6 Å². The Kier molecular flexibility index (Phi) is 4.45. The molecule has 2 fully saturated rings. The molecule has 0 saturated heterocycles. The van der Waals surface area contributed by atoms with Crippen molar-refractivity contribution in [1.82, 2.24) is 10.2 Å². The third-order valence-corrected chi connectivity index (χ3v) is 4.04. The van der Waals surface area contributed by atoms with Crippen molar-refractivity contribution in [3.8, 4) is 0 Å². The summed E-state index contributed by atoms with van der Waals surface area (Å²) in [5, 5.41) is 4.60. The maximum Gasteiger partial charge on any atom is 0.169 e. The lowest BCUT2D eigenvalue weighted by atomic mass is 10.2. The van der Waals surface area contributed by atoms with Gasteiger partial charge < -0.3 is 10.2 Å². The van der Waals surface area contributed by atoms with E-state index < -0.39 is 0 Å². The smallest absolute Gasteiger partial charge is 0.169 e. The Balaban J connectivity index is 1.78. The average molecular weight is 240 g/mol. The fourth-order valence-electron chi connectivity index (χ4n) is 2.49. The molecule has 2 aliphatic rings. The van der Waals surface area contributed by atoms with Crippen LogP contribution in [0.3, 0.4) is 0 Å². The number of unbranched alkanes of at least 4 members (excludes halogenated alkanes) is 1. The highest BCUT2D eigenvalue weighted by Crippen LogP contribution is 2.28. The lowest BCUT2D eigenvalue weighted by Gasteiger charge is -2.27. The molecule has 16 heavy (non-hydrogen) atoms. The molecule has 2 saturated carbocycles. The van der Waals surface area contributed by atoms with E-state index in [2.05, 4.69) is 17.1 Å². The van der Waals surface area contributed by atoms with E-state index in [9.17, 15) is 0 Å². The zero-order valence-electron chi connectivity index (χ0n) is 10.4. The minimum Gasteiger partial charge on any atom is -0.360 e. The molecule has 1 N–H and O–H groups in total. The van der Waals surface area contributed by atoms with Crippen molar-refractivity contribution < 1.29 is 0 Å². The summed E-state index contributed by atoms with van der Waals surface area (Å²) in [6, 6.07) is 1.42. The largest absolute Gasteiger partial charge is 0.360 e. The van der Waals surface area contributed by atoms with Gasteiger partial charge in [-0.2, -0.15) is 0 Å². The summed E-state index contributed by atoms with van der Waals surface area (Å²) in [5.41, 5.74) is 0. The predicted molar refractivity (Wildman–Crippen MR) is 72.6 cm³/mol. The molecule has 0 unspecified atom stereocenters. The summed E-state index contributed by atoms with van der Waals surface area (Å²) in [4.78, 5) is 2.44. The standard InChI is InChI=1S/C13H24N2S/c1-2-3-10-15(12-8-9-12)13(16)14-11-6-4-5-7-11/h11-12H,2-10H2,1H3,(H,14,16). The van der Waals surface area contributed by atoms with Gasteiger partial charge in [0.15, 0.2) is 5.11 Å². The average Bonchev–Trinajstić information content (AvgIpc) is 2.98. The molecule has 2 nitrogen and oxygen atoms in total. The molecule has 0 aromatic rings. The summed E-state index contributed by atoms with van der Waals surface area (Å²) in [6.45, 7) is 3.40. The predicted octanol–water partition coefficient (Wildman–Crippen LogP) is 3.07. The Morgan fingerprint density at radius 3 is 2.50 bits per heavy atom. The van der Waals surface area contributed by atoms with Crippen LogP contribution in [0.15, 0.2) is 0 Å². The molecule has 0 spiro atoms. The van der Waals surface area contributed by atoms with E-state index in [1.54, 1.807) is 0 Å². The SMILES string of the molecule is CCCCN(C(=S)NC1CCCC1)C1CC1. The number of nitrogens with one attached hydrogen (secondary N) is 1. The zero-order valence-corrected chi connectivity index (χ0v) is 11.2. The van der Waals surface area contributed by atoms with E-state index in [0.717, 1.165) is 17.7 Å². The van der Waals surface area contributed by atoms with Gasteiger partial charge in [0.05, 0.1) is 0 Å². The van der Waals surface area contributed by atoms with E-state index in [1.807, 2.05) is 0 Å². The van der Waals surface area contributed by atoms with E-state index in [-0.39, 0.29) is 0 Å². The minimum absolute atomic E-state index is 0.662. The van der Waals surface area contributed by atoms with Crippen LogP contribution < -0.4 is 5.32 Å². The van der Waals surface area contributed by atoms with Crippen LogP contribution in [0.4, 0.5) is 0 Å². The van der Waals surface area contributed by atoms with Crippen molar-refractivity contribution in [1.29, 1.82) is 0 Å². The van der Waals surface area contributed by atoms with Gasteiger partial charge in [-0.15, -0.1) is 0 Å². The Bertz CT molecular complexity index is 232. The second kappa shape index (κ2) is 5.85. The van der Waals surface area contributed by atoms with Crippen molar-refractivity contribution in [2.24, 2.45) is 0 Å². The quantitative estimate of drug-likeness (QED) is 0.744. The van der Waals surface area contributed by atoms with Gasteiger partial charge in [0.2, 0.25) is 0 Å². The lowest BCUT2D eigenvalue weighted by molar-refractivity contribution is 0.385. The summed E-state index contributed by atoms with van der Waals surface area (Å²) < 4.78 is 0. The molecule has 0 atom stereocenters.